The van der Waals surface area contributed by atoms with Crippen LogP contribution in [0.2, 0.25) is 0 Å². The molecule has 2 aliphatic heterocycles. The molecule has 4 rings (SSSR count). The zero-order valence-electron chi connectivity index (χ0n) is 14.6. The summed E-state index contributed by atoms with van der Waals surface area (Å²) in [5.41, 5.74) is 0.901. The van der Waals surface area contributed by atoms with Crippen LogP contribution in [0.3, 0.4) is 0 Å². The molecule has 1 amide bonds. The molecule has 0 bridgehead atoms. The van der Waals surface area contributed by atoms with E-state index >= 15 is 0 Å². The molecule has 2 aromatic carbocycles. The van der Waals surface area contributed by atoms with Gasteiger partial charge in [-0.1, -0.05) is 48.2 Å². The van der Waals surface area contributed by atoms with Crippen molar-refractivity contribution in [2.45, 2.75) is 6.17 Å². The summed E-state index contributed by atoms with van der Waals surface area (Å²) in [6.07, 6.45) is 1.03. The van der Waals surface area contributed by atoms with Crippen LogP contribution in [0.15, 0.2) is 71.3 Å². The number of benzene rings is 2. The smallest absolute Gasteiger partial charge is 0.276 e. The van der Waals surface area contributed by atoms with Crippen LogP contribution in [0.4, 0.5) is 5.69 Å². The molecule has 2 aliphatic rings. The fraction of sp³-hybridized carbons (Fsp3) is 0.105. The molecule has 0 saturated heterocycles. The molecule has 0 aliphatic carbocycles. The zero-order valence-corrected chi connectivity index (χ0v) is 15.4. The van der Waals surface area contributed by atoms with Gasteiger partial charge in [0.05, 0.1) is 10.3 Å². The minimum atomic E-state index is -0.685. The standard InChI is InChI=1S/C19H15N5O3S/c1-2-10-28-19-21-18(25)16-14-8-3-4-9-15(14)20-17(23(16)22-19)12-6-5-7-13(11-12)24(26)27/h2-9,11,17H,1,10H2,(H,21,22,25)/t17-/m0/s1. The van der Waals surface area contributed by atoms with Gasteiger partial charge in [0.1, 0.15) is 5.70 Å². The van der Waals surface area contributed by atoms with Crippen molar-refractivity contribution in [3.63, 3.8) is 0 Å². The number of rotatable bonds is 4. The number of hydrazone groups is 1. The van der Waals surface area contributed by atoms with E-state index in [-0.39, 0.29) is 11.6 Å². The number of thioether (sulfide) groups is 1. The quantitative estimate of drug-likeness (QED) is 0.484. The van der Waals surface area contributed by atoms with Gasteiger partial charge < -0.3 is 0 Å². The van der Waals surface area contributed by atoms with E-state index < -0.39 is 11.1 Å². The number of carbonyl (C=O) groups is 1. The molecule has 140 valence electrons. The Hall–Kier alpha value is -3.46. The summed E-state index contributed by atoms with van der Waals surface area (Å²) in [6.45, 7) is 3.67. The predicted octanol–water partition coefficient (Wildman–Crippen LogP) is 1.66. The van der Waals surface area contributed by atoms with Gasteiger partial charge in [0, 0.05) is 28.7 Å². The fourth-order valence-corrected chi connectivity index (χ4v) is 3.63. The van der Waals surface area contributed by atoms with E-state index in [1.165, 1.54) is 28.9 Å². The second kappa shape index (κ2) is 7.28. The highest BCUT2D eigenvalue weighted by molar-refractivity contribution is 8.14. The number of amidine groups is 1. The van der Waals surface area contributed by atoms with Crippen molar-refractivity contribution in [1.82, 2.24) is 10.3 Å². The third-order valence-electron chi connectivity index (χ3n) is 4.23. The minimum Gasteiger partial charge on any atom is -0.298 e. The lowest BCUT2D eigenvalue weighted by atomic mass is 10.1. The van der Waals surface area contributed by atoms with E-state index in [0.29, 0.717) is 32.8 Å². The number of hydrogen-bond acceptors (Lipinski definition) is 7. The van der Waals surface area contributed by atoms with Crippen LogP contribution in [0.5, 0.6) is 0 Å². The third kappa shape index (κ3) is 3.16. The lowest BCUT2D eigenvalue weighted by Crippen LogP contribution is -2.50. The van der Waals surface area contributed by atoms with Crippen LogP contribution in [0.1, 0.15) is 11.7 Å². The van der Waals surface area contributed by atoms with E-state index in [1.807, 2.05) is 24.3 Å². The van der Waals surface area contributed by atoms with Gasteiger partial charge in [-0.05, 0) is 6.07 Å². The Morgan fingerprint density at radius 3 is 2.89 bits per heavy atom. The molecular weight excluding hydrogens is 378 g/mol. The summed E-state index contributed by atoms with van der Waals surface area (Å²) < 4.78 is 0. The first-order valence-electron chi connectivity index (χ1n) is 8.43. The van der Waals surface area contributed by atoms with Crippen molar-refractivity contribution < 1.29 is 9.72 Å². The average molecular weight is 393 g/mol. The number of nitrogens with zero attached hydrogens (tertiary/aromatic N) is 4. The van der Waals surface area contributed by atoms with E-state index in [0.717, 1.165) is 0 Å². The van der Waals surface area contributed by atoms with Gasteiger partial charge in [0.15, 0.2) is 11.3 Å². The maximum absolute atomic E-state index is 12.9. The van der Waals surface area contributed by atoms with Crippen molar-refractivity contribution in [3.8, 4) is 0 Å². The maximum Gasteiger partial charge on any atom is 0.276 e. The molecule has 8 nitrogen and oxygen atoms in total. The third-order valence-corrected chi connectivity index (χ3v) is 5.09. The first-order valence-corrected chi connectivity index (χ1v) is 9.41. The monoisotopic (exact) mass is 393 g/mol. The number of nitro benzene ring substituents is 1. The SMILES string of the molecule is C=CCSC1=NN2C(=c3ccccc3=N[C@@H]2c2cccc([N+](=O)[O-])c2)C(=O)N1. The van der Waals surface area contributed by atoms with Gasteiger partial charge in [-0.3, -0.25) is 25.2 Å². The Bertz CT molecular complexity index is 1140. The van der Waals surface area contributed by atoms with E-state index in [9.17, 15) is 14.9 Å². The van der Waals surface area contributed by atoms with Crippen LogP contribution < -0.4 is 15.9 Å². The maximum atomic E-state index is 12.9. The molecule has 28 heavy (non-hydrogen) atoms. The first-order chi connectivity index (χ1) is 13.6. The van der Waals surface area contributed by atoms with Crippen LogP contribution in [0, 0.1) is 10.1 Å². The number of hydrogen-bond donors (Lipinski definition) is 1. The lowest BCUT2D eigenvalue weighted by molar-refractivity contribution is -0.384. The number of amides is 1. The van der Waals surface area contributed by atoms with Gasteiger partial charge in [-0.15, -0.1) is 11.7 Å². The highest BCUT2D eigenvalue weighted by Crippen LogP contribution is 2.32. The Morgan fingerprint density at radius 1 is 1.29 bits per heavy atom. The molecular formula is C19H15N5O3S. The first kappa shape index (κ1) is 17.9. The molecule has 0 saturated carbocycles. The summed E-state index contributed by atoms with van der Waals surface area (Å²) >= 11 is 1.34. The molecule has 0 spiro atoms. The van der Waals surface area contributed by atoms with Crippen LogP contribution >= 0.6 is 11.8 Å². The van der Waals surface area contributed by atoms with E-state index in [1.54, 1.807) is 18.2 Å². The van der Waals surface area contributed by atoms with Crippen LogP contribution in [-0.2, 0) is 4.79 Å². The molecule has 2 heterocycles. The van der Waals surface area contributed by atoms with Crippen molar-refractivity contribution >= 4 is 34.2 Å². The van der Waals surface area contributed by atoms with Gasteiger partial charge >= 0.3 is 0 Å². The predicted molar refractivity (Wildman–Crippen MR) is 107 cm³/mol. The topological polar surface area (TPSA) is 100 Å². The average Bonchev–Trinajstić information content (AvgIpc) is 2.71. The molecule has 1 atom stereocenters. The molecule has 0 fully saturated rings. The summed E-state index contributed by atoms with van der Waals surface area (Å²) in [7, 11) is 0. The molecule has 0 unspecified atom stereocenters. The van der Waals surface area contributed by atoms with Gasteiger partial charge in [0.25, 0.3) is 11.6 Å². The fourth-order valence-electron chi connectivity index (χ4n) is 3.05. The Kier molecular flexibility index (Phi) is 4.66. The Morgan fingerprint density at radius 2 is 2.11 bits per heavy atom. The summed E-state index contributed by atoms with van der Waals surface area (Å²) in [5, 5.41) is 21.8. The summed E-state index contributed by atoms with van der Waals surface area (Å²) in [5.74, 6) is 0.289. The number of para-hydroxylation sites is 1. The largest absolute Gasteiger partial charge is 0.298 e. The van der Waals surface area contributed by atoms with Crippen molar-refractivity contribution in [2.75, 3.05) is 5.75 Å². The number of nitro groups is 1. The normalized spacial score (nSPS) is 17.6. The number of fused-ring (bicyclic) bond motifs is 2. The van der Waals surface area contributed by atoms with E-state index in [4.69, 9.17) is 4.99 Å². The van der Waals surface area contributed by atoms with Crippen molar-refractivity contribution in [1.29, 1.82) is 0 Å². The van der Waals surface area contributed by atoms with Crippen LogP contribution in [0.25, 0.3) is 5.70 Å². The Balaban J connectivity index is 1.91. The lowest BCUT2D eigenvalue weighted by Gasteiger charge is -2.33. The van der Waals surface area contributed by atoms with Gasteiger partial charge in [-0.25, -0.2) is 5.01 Å². The summed E-state index contributed by atoms with van der Waals surface area (Å²) in [4.78, 5) is 28.3. The second-order valence-electron chi connectivity index (χ2n) is 6.02. The number of nitrogens with one attached hydrogen (secondary N) is 1. The zero-order chi connectivity index (χ0) is 19.7. The molecule has 0 radical (unpaired) electrons. The highest BCUT2D eigenvalue weighted by atomic mass is 32.2. The highest BCUT2D eigenvalue weighted by Gasteiger charge is 2.34. The van der Waals surface area contributed by atoms with Crippen LogP contribution in [-0.4, -0.2) is 26.8 Å². The molecule has 9 heteroatoms. The van der Waals surface area contributed by atoms with Crippen molar-refractivity contribution in [2.24, 2.45) is 10.1 Å². The minimum absolute atomic E-state index is 0.0418. The molecule has 0 aromatic heterocycles. The number of non-ortho nitro benzene ring substituents is 1. The Labute approximate surface area is 164 Å². The van der Waals surface area contributed by atoms with Crippen molar-refractivity contribution in [3.05, 3.63) is 87.4 Å². The van der Waals surface area contributed by atoms with Gasteiger partial charge in [0.2, 0.25) is 0 Å². The second-order valence-corrected chi connectivity index (χ2v) is 7.03. The van der Waals surface area contributed by atoms with Gasteiger partial charge in [-0.2, -0.15) is 0 Å². The van der Waals surface area contributed by atoms with E-state index in [2.05, 4.69) is 17.0 Å². The summed E-state index contributed by atoms with van der Waals surface area (Å²) in [6, 6.07) is 13.5. The molecule has 2 aromatic rings. The molecule has 1 N–H and O–H groups in total. The number of carbonyl (C=O) groups excluding carboxylic acids is 1.